The normalized spacial score (nSPS) is 17.9. The highest BCUT2D eigenvalue weighted by atomic mass is 14.9. The molecule has 0 amide bonds. The molecule has 0 saturated carbocycles. The van der Waals surface area contributed by atoms with Crippen LogP contribution in [0.1, 0.15) is 35.9 Å². The number of hydrogen-bond donors (Lipinski definition) is 0. The molecule has 0 aliphatic carbocycles. The van der Waals surface area contributed by atoms with Crippen molar-refractivity contribution in [3.05, 3.63) is 47.9 Å². The molecule has 0 saturated heterocycles. The summed E-state index contributed by atoms with van der Waals surface area (Å²) < 4.78 is 58.9. The second-order valence-corrected chi connectivity index (χ2v) is 5.51. The maximum Gasteiger partial charge on any atom is 0.0645 e. The summed E-state index contributed by atoms with van der Waals surface area (Å²) in [7, 11) is 1.68. The van der Waals surface area contributed by atoms with Crippen LogP contribution in [-0.2, 0) is 12.5 Å². The SMILES string of the molecule is [2H]c1c([2H])c([2H])c2c(c1[2H])c1c([2H])c([2H])c([2H])c(C(C)(C)C)c1n2C. The molecular weight excluding hydrogens is 218 g/mol. The van der Waals surface area contributed by atoms with E-state index in [0.717, 1.165) is 0 Å². The average Bonchev–Trinajstić information content (AvgIpc) is 2.81. The average molecular weight is 244 g/mol. The van der Waals surface area contributed by atoms with Gasteiger partial charge in [-0.3, -0.25) is 0 Å². The van der Waals surface area contributed by atoms with E-state index in [4.69, 9.17) is 9.60 Å². The minimum atomic E-state index is -0.487. The van der Waals surface area contributed by atoms with Crippen molar-refractivity contribution in [1.29, 1.82) is 0 Å². The lowest BCUT2D eigenvalue weighted by Gasteiger charge is -2.21. The highest BCUT2D eigenvalue weighted by molar-refractivity contribution is 6.09. The predicted octanol–water partition coefficient (Wildman–Crippen LogP) is 4.63. The largest absolute Gasteiger partial charge is 0.343 e. The lowest BCUT2D eigenvalue weighted by molar-refractivity contribution is 0.593. The van der Waals surface area contributed by atoms with E-state index in [1.165, 1.54) is 0 Å². The highest BCUT2D eigenvalue weighted by Gasteiger charge is 2.20. The Hall–Kier alpha value is -1.76. The van der Waals surface area contributed by atoms with Gasteiger partial charge in [-0.1, -0.05) is 57.0 Å². The van der Waals surface area contributed by atoms with Crippen LogP contribution in [-0.4, -0.2) is 4.57 Å². The van der Waals surface area contributed by atoms with Gasteiger partial charge >= 0.3 is 0 Å². The third-order valence-corrected chi connectivity index (χ3v) is 3.19. The quantitative estimate of drug-likeness (QED) is 0.543. The number of aryl methyl sites for hydroxylation is 1. The van der Waals surface area contributed by atoms with E-state index in [0.29, 0.717) is 22.0 Å². The molecule has 0 aliphatic heterocycles. The van der Waals surface area contributed by atoms with Crippen molar-refractivity contribution in [2.75, 3.05) is 0 Å². The number of fused-ring (bicyclic) bond motifs is 3. The molecule has 0 unspecified atom stereocenters. The molecule has 3 rings (SSSR count). The van der Waals surface area contributed by atoms with Gasteiger partial charge in [-0.2, -0.15) is 0 Å². The van der Waals surface area contributed by atoms with Crippen LogP contribution in [0.3, 0.4) is 0 Å². The minimum absolute atomic E-state index is 0.0360. The summed E-state index contributed by atoms with van der Waals surface area (Å²) in [5, 5.41) is 0.558. The van der Waals surface area contributed by atoms with Crippen LogP contribution < -0.4 is 0 Å². The first-order chi connectivity index (χ1) is 11.4. The Morgan fingerprint density at radius 2 is 1.61 bits per heavy atom. The summed E-state index contributed by atoms with van der Waals surface area (Å²) in [6.45, 7) is 5.74. The molecule has 0 N–H and O–H groups in total. The Morgan fingerprint density at radius 3 is 2.33 bits per heavy atom. The Bertz CT molecular complexity index is 1060. The second-order valence-electron chi connectivity index (χ2n) is 5.51. The summed E-state index contributed by atoms with van der Waals surface area (Å²) in [6.07, 6.45) is 0. The van der Waals surface area contributed by atoms with E-state index < -0.39 is 5.41 Å². The molecule has 0 fully saturated rings. The topological polar surface area (TPSA) is 4.93 Å². The van der Waals surface area contributed by atoms with Gasteiger partial charge in [0.1, 0.15) is 0 Å². The van der Waals surface area contributed by atoms with Crippen molar-refractivity contribution in [1.82, 2.24) is 4.57 Å². The maximum absolute atomic E-state index is 8.35. The number of nitrogens with zero attached hydrogens (tertiary/aromatic N) is 1. The first-order valence-corrected chi connectivity index (χ1v) is 5.89. The first kappa shape index (κ1) is 5.92. The van der Waals surface area contributed by atoms with Crippen molar-refractivity contribution in [2.24, 2.45) is 7.05 Å². The van der Waals surface area contributed by atoms with E-state index in [9.17, 15) is 0 Å². The number of para-hydroxylation sites is 2. The van der Waals surface area contributed by atoms with Crippen molar-refractivity contribution in [3.63, 3.8) is 0 Å². The molecule has 3 aromatic rings. The fraction of sp³-hybridized carbons (Fsp3) is 0.294. The second kappa shape index (κ2) is 3.61. The fourth-order valence-corrected chi connectivity index (χ4v) is 2.31. The van der Waals surface area contributed by atoms with Gasteiger partial charge in [0.25, 0.3) is 0 Å². The van der Waals surface area contributed by atoms with Crippen molar-refractivity contribution < 1.29 is 9.60 Å². The van der Waals surface area contributed by atoms with Crippen LogP contribution in [0.5, 0.6) is 0 Å². The summed E-state index contributed by atoms with van der Waals surface area (Å²) in [5.41, 5.74) is 0.906. The van der Waals surface area contributed by atoms with Gasteiger partial charge in [0, 0.05) is 23.3 Å². The zero-order chi connectivity index (χ0) is 19.0. The fourth-order valence-electron chi connectivity index (χ4n) is 2.31. The molecule has 0 aliphatic rings. The van der Waals surface area contributed by atoms with E-state index >= 15 is 0 Å². The molecule has 0 bridgehead atoms. The Labute approximate surface area is 118 Å². The zero-order valence-electron chi connectivity index (χ0n) is 17.9. The predicted molar refractivity (Wildman–Crippen MR) is 79.1 cm³/mol. The molecule has 1 heteroatoms. The van der Waals surface area contributed by atoms with Gasteiger partial charge in [0.15, 0.2) is 0 Å². The lowest BCUT2D eigenvalue weighted by atomic mass is 9.85. The van der Waals surface area contributed by atoms with Crippen molar-refractivity contribution in [3.8, 4) is 0 Å². The zero-order valence-corrected chi connectivity index (χ0v) is 10.9. The van der Waals surface area contributed by atoms with Gasteiger partial charge in [0.05, 0.1) is 15.1 Å². The van der Waals surface area contributed by atoms with Crippen LogP contribution in [0.25, 0.3) is 21.8 Å². The van der Waals surface area contributed by atoms with E-state index in [2.05, 4.69) is 0 Å². The standard InChI is InChI=1S/C17H19N/c1-17(2,3)14-10-7-9-13-12-8-5-6-11-15(12)18(4)16(13)14/h5-11H,1-4H3/i5D,6D,7D,8D,9D,10D,11D. The van der Waals surface area contributed by atoms with Gasteiger partial charge < -0.3 is 4.57 Å². The number of rotatable bonds is 0. The molecule has 2 aromatic carbocycles. The molecule has 0 radical (unpaired) electrons. The van der Waals surface area contributed by atoms with Crippen LogP contribution in [0.4, 0.5) is 0 Å². The molecule has 1 nitrogen and oxygen atoms in total. The van der Waals surface area contributed by atoms with Crippen LogP contribution in [0, 0.1) is 0 Å². The summed E-state index contributed by atoms with van der Waals surface area (Å²) in [4.78, 5) is 0. The molecule has 18 heavy (non-hydrogen) atoms. The van der Waals surface area contributed by atoms with E-state index in [1.807, 2.05) is 20.8 Å². The summed E-state index contributed by atoms with van der Waals surface area (Å²) in [5.74, 6) is 0. The van der Waals surface area contributed by atoms with Gasteiger partial charge in [0.2, 0.25) is 0 Å². The van der Waals surface area contributed by atoms with Crippen molar-refractivity contribution in [2.45, 2.75) is 26.2 Å². The molecule has 1 aromatic heterocycles. The third-order valence-electron chi connectivity index (χ3n) is 3.19. The first-order valence-electron chi connectivity index (χ1n) is 9.39. The number of benzene rings is 2. The number of hydrogen-bond acceptors (Lipinski definition) is 0. The maximum atomic E-state index is 8.35. The monoisotopic (exact) mass is 244 g/mol. The minimum Gasteiger partial charge on any atom is -0.343 e. The Morgan fingerprint density at radius 1 is 0.944 bits per heavy atom. The Kier molecular flexibility index (Phi) is 1.19. The summed E-state index contributed by atoms with van der Waals surface area (Å²) >= 11 is 0. The number of aromatic nitrogens is 1. The lowest BCUT2D eigenvalue weighted by Crippen LogP contribution is -2.12. The third kappa shape index (κ3) is 1.47. The highest BCUT2D eigenvalue weighted by Crippen LogP contribution is 2.35. The molecule has 0 spiro atoms. The molecule has 92 valence electrons. The van der Waals surface area contributed by atoms with Crippen LogP contribution in [0.15, 0.2) is 42.3 Å². The van der Waals surface area contributed by atoms with Gasteiger partial charge in [-0.05, 0) is 17.0 Å². The molecule has 1 heterocycles. The smallest absolute Gasteiger partial charge is 0.0645 e. The van der Waals surface area contributed by atoms with E-state index in [1.54, 1.807) is 11.6 Å². The van der Waals surface area contributed by atoms with Gasteiger partial charge in [-0.15, -0.1) is 0 Å². The van der Waals surface area contributed by atoms with Gasteiger partial charge in [-0.25, -0.2) is 0 Å². The molecule has 0 atom stereocenters. The van der Waals surface area contributed by atoms with Crippen LogP contribution in [0.2, 0.25) is 0 Å². The van der Waals surface area contributed by atoms with E-state index in [-0.39, 0.29) is 47.7 Å². The van der Waals surface area contributed by atoms with Crippen LogP contribution >= 0.6 is 0 Å². The molecular formula is C17H19N. The van der Waals surface area contributed by atoms with Crippen molar-refractivity contribution >= 4 is 21.8 Å². The summed E-state index contributed by atoms with van der Waals surface area (Å²) in [6, 6.07) is -1.51. The Balaban J connectivity index is 2.82.